The van der Waals surface area contributed by atoms with Gasteiger partial charge in [-0.3, -0.25) is 19.3 Å². The normalized spacial score (nSPS) is 14.8. The molecule has 1 heterocycles. The van der Waals surface area contributed by atoms with E-state index in [4.69, 9.17) is 21.1 Å². The molecule has 7 nitrogen and oxygen atoms in total. The molecular weight excluding hydrogens is 522 g/mol. The fraction of sp³-hybridized carbons (Fsp3) is 0.227. The minimum Gasteiger partial charge on any atom is -0.490 e. The average molecular weight is 541 g/mol. The van der Waals surface area contributed by atoms with Crippen LogP contribution >= 0.6 is 39.3 Å². The van der Waals surface area contributed by atoms with Crippen molar-refractivity contribution in [2.24, 2.45) is 0 Å². The Labute approximate surface area is 202 Å². The van der Waals surface area contributed by atoms with Crippen molar-refractivity contribution < 1.29 is 28.6 Å². The topological polar surface area (TPSA) is 82.1 Å². The second-order valence-electron chi connectivity index (χ2n) is 6.49. The first-order valence-corrected chi connectivity index (χ1v) is 11.5. The number of thioether (sulfide) groups is 1. The molecule has 10 heteroatoms. The van der Waals surface area contributed by atoms with Crippen LogP contribution in [0.1, 0.15) is 18.1 Å². The molecule has 0 saturated carbocycles. The number of esters is 1. The summed E-state index contributed by atoms with van der Waals surface area (Å²) in [5.41, 5.74) is 1.45. The second-order valence-corrected chi connectivity index (χ2v) is 8.74. The number of hydrogen-bond acceptors (Lipinski definition) is 7. The molecule has 0 bridgehead atoms. The zero-order valence-electron chi connectivity index (χ0n) is 17.2. The summed E-state index contributed by atoms with van der Waals surface area (Å²) in [7, 11) is 1.19. The lowest BCUT2D eigenvalue weighted by Crippen LogP contribution is -2.34. The highest BCUT2D eigenvalue weighted by atomic mass is 79.9. The van der Waals surface area contributed by atoms with Crippen molar-refractivity contribution in [3.8, 4) is 11.5 Å². The van der Waals surface area contributed by atoms with E-state index in [0.717, 1.165) is 22.2 Å². The van der Waals surface area contributed by atoms with Crippen LogP contribution in [0.25, 0.3) is 6.08 Å². The molecule has 32 heavy (non-hydrogen) atoms. The highest BCUT2D eigenvalue weighted by Gasteiger charge is 2.36. The smallest absolute Gasteiger partial charge is 0.325 e. The van der Waals surface area contributed by atoms with Crippen molar-refractivity contribution in [3.63, 3.8) is 0 Å². The van der Waals surface area contributed by atoms with Crippen LogP contribution in [0.2, 0.25) is 5.02 Å². The number of imide groups is 1. The predicted molar refractivity (Wildman–Crippen MR) is 126 cm³/mol. The summed E-state index contributed by atoms with van der Waals surface area (Å²) in [6, 6.07) is 10.8. The first-order valence-electron chi connectivity index (χ1n) is 9.48. The summed E-state index contributed by atoms with van der Waals surface area (Å²) in [5, 5.41) is 0.0660. The lowest BCUT2D eigenvalue weighted by molar-refractivity contribution is -0.143. The molecular formula is C22H19BrClNO6S. The lowest BCUT2D eigenvalue weighted by Gasteiger charge is -2.15. The quantitative estimate of drug-likeness (QED) is 0.332. The van der Waals surface area contributed by atoms with Crippen LogP contribution in [-0.4, -0.2) is 42.3 Å². The van der Waals surface area contributed by atoms with Crippen molar-refractivity contribution in [1.82, 2.24) is 4.90 Å². The molecule has 1 fully saturated rings. The van der Waals surface area contributed by atoms with E-state index >= 15 is 0 Å². The fourth-order valence-corrected chi connectivity index (χ4v) is 4.42. The van der Waals surface area contributed by atoms with Crippen molar-refractivity contribution in [3.05, 3.63) is 61.9 Å². The van der Waals surface area contributed by atoms with Crippen LogP contribution in [0.4, 0.5) is 4.79 Å². The van der Waals surface area contributed by atoms with Crippen LogP contribution in [0.5, 0.6) is 11.5 Å². The van der Waals surface area contributed by atoms with Crippen LogP contribution in [0, 0.1) is 0 Å². The maximum absolute atomic E-state index is 12.6. The van der Waals surface area contributed by atoms with Gasteiger partial charge in [0.2, 0.25) is 0 Å². The summed E-state index contributed by atoms with van der Waals surface area (Å²) in [6.07, 6.45) is 1.56. The molecule has 1 aliphatic heterocycles. The van der Waals surface area contributed by atoms with Gasteiger partial charge in [0.05, 0.1) is 23.1 Å². The standard InChI is InChI=1S/C22H19BrClNO6S/c1-3-30-17-9-13(10-18-21(27)25(22(28)32-18)11-19(26)29-2)8-15(23)20(17)31-12-14-6-4-5-7-16(14)24/h4-10H,3,11-12H2,1-2H3/b18-10+. The van der Waals surface area contributed by atoms with E-state index in [2.05, 4.69) is 20.7 Å². The number of hydrogen-bond donors (Lipinski definition) is 0. The summed E-state index contributed by atoms with van der Waals surface area (Å²) < 4.78 is 16.8. The van der Waals surface area contributed by atoms with Gasteiger partial charge in [0.1, 0.15) is 13.2 Å². The van der Waals surface area contributed by atoms with Crippen LogP contribution < -0.4 is 9.47 Å². The number of rotatable bonds is 8. The number of halogens is 2. The first-order chi connectivity index (χ1) is 15.3. The Morgan fingerprint density at radius 3 is 2.66 bits per heavy atom. The van der Waals surface area contributed by atoms with Gasteiger partial charge in [-0.05, 0) is 64.5 Å². The van der Waals surface area contributed by atoms with Gasteiger partial charge in [-0.1, -0.05) is 29.8 Å². The highest BCUT2D eigenvalue weighted by molar-refractivity contribution is 9.10. The number of benzene rings is 2. The molecule has 2 aromatic rings. The SMILES string of the molecule is CCOc1cc(/C=C2/SC(=O)N(CC(=O)OC)C2=O)cc(Br)c1OCc1ccccc1Cl. The Morgan fingerprint density at radius 1 is 1.22 bits per heavy atom. The van der Waals surface area contributed by atoms with Gasteiger partial charge in [0, 0.05) is 10.6 Å². The first kappa shape index (κ1) is 24.2. The summed E-state index contributed by atoms with van der Waals surface area (Å²) in [6.45, 7) is 2.05. The highest BCUT2D eigenvalue weighted by Crippen LogP contribution is 2.40. The number of ether oxygens (including phenoxy) is 3. The minimum atomic E-state index is -0.671. The molecule has 0 unspecified atom stereocenters. The van der Waals surface area contributed by atoms with Gasteiger partial charge < -0.3 is 14.2 Å². The van der Waals surface area contributed by atoms with E-state index in [9.17, 15) is 14.4 Å². The third-order valence-electron chi connectivity index (χ3n) is 4.35. The van der Waals surface area contributed by atoms with Crippen LogP contribution in [0.3, 0.4) is 0 Å². The fourth-order valence-electron chi connectivity index (χ4n) is 2.82. The van der Waals surface area contributed by atoms with E-state index in [1.54, 1.807) is 24.3 Å². The number of carbonyl (C=O) groups is 3. The van der Waals surface area contributed by atoms with Crippen molar-refractivity contribution in [2.45, 2.75) is 13.5 Å². The Bertz CT molecular complexity index is 1090. The molecule has 3 rings (SSSR count). The monoisotopic (exact) mass is 539 g/mol. The Morgan fingerprint density at radius 2 is 1.97 bits per heavy atom. The molecule has 0 spiro atoms. The number of carbonyl (C=O) groups excluding carboxylic acids is 3. The third-order valence-corrected chi connectivity index (χ3v) is 6.21. The molecule has 0 atom stereocenters. The minimum absolute atomic E-state index is 0.193. The van der Waals surface area contributed by atoms with Gasteiger partial charge in [0.15, 0.2) is 11.5 Å². The molecule has 0 radical (unpaired) electrons. The van der Waals surface area contributed by atoms with Crippen LogP contribution in [0.15, 0.2) is 45.8 Å². The average Bonchev–Trinajstić information content (AvgIpc) is 3.01. The zero-order valence-corrected chi connectivity index (χ0v) is 20.4. The third kappa shape index (κ3) is 5.65. The zero-order chi connectivity index (χ0) is 23.3. The van der Waals surface area contributed by atoms with Crippen LogP contribution in [-0.2, 0) is 20.9 Å². The predicted octanol–water partition coefficient (Wildman–Crippen LogP) is 5.29. The summed E-state index contributed by atoms with van der Waals surface area (Å²) in [4.78, 5) is 37.2. The molecule has 0 aromatic heterocycles. The number of amides is 2. The molecule has 0 aliphatic carbocycles. The molecule has 1 aliphatic rings. The van der Waals surface area contributed by atoms with E-state index in [1.165, 1.54) is 7.11 Å². The maximum atomic E-state index is 12.6. The molecule has 168 valence electrons. The van der Waals surface area contributed by atoms with E-state index in [0.29, 0.717) is 33.2 Å². The summed E-state index contributed by atoms with van der Waals surface area (Å²) >= 11 is 10.5. The second kappa shape index (κ2) is 10.9. The molecule has 0 N–H and O–H groups in total. The maximum Gasteiger partial charge on any atom is 0.325 e. The van der Waals surface area contributed by atoms with Gasteiger partial charge in [0.25, 0.3) is 11.1 Å². The van der Waals surface area contributed by atoms with Gasteiger partial charge in [-0.25, -0.2) is 0 Å². The Hall–Kier alpha value is -2.49. The van der Waals surface area contributed by atoms with Crippen molar-refractivity contribution in [1.29, 1.82) is 0 Å². The van der Waals surface area contributed by atoms with E-state index in [1.807, 2.05) is 25.1 Å². The Kier molecular flexibility index (Phi) is 8.22. The van der Waals surface area contributed by atoms with E-state index < -0.39 is 23.7 Å². The van der Waals surface area contributed by atoms with Gasteiger partial charge in [-0.15, -0.1) is 0 Å². The molecule has 1 saturated heterocycles. The molecule has 2 aromatic carbocycles. The molecule has 2 amide bonds. The number of methoxy groups -OCH3 is 1. The summed E-state index contributed by atoms with van der Waals surface area (Å²) in [5.74, 6) is -0.273. The number of nitrogens with zero attached hydrogens (tertiary/aromatic N) is 1. The van der Waals surface area contributed by atoms with Gasteiger partial charge in [-0.2, -0.15) is 0 Å². The van der Waals surface area contributed by atoms with Crippen molar-refractivity contribution in [2.75, 3.05) is 20.3 Å². The van der Waals surface area contributed by atoms with Gasteiger partial charge >= 0.3 is 5.97 Å². The largest absolute Gasteiger partial charge is 0.490 e. The van der Waals surface area contributed by atoms with E-state index in [-0.39, 0.29) is 11.5 Å². The van der Waals surface area contributed by atoms with Crippen molar-refractivity contribution >= 4 is 62.5 Å². The lowest BCUT2D eigenvalue weighted by atomic mass is 10.1. The Balaban J connectivity index is 1.85.